The van der Waals surface area contributed by atoms with Crippen LogP contribution in [0.2, 0.25) is 0 Å². The summed E-state index contributed by atoms with van der Waals surface area (Å²) in [7, 11) is 0. The van der Waals surface area contributed by atoms with Crippen LogP contribution in [0.5, 0.6) is 0 Å². The van der Waals surface area contributed by atoms with Gasteiger partial charge in [-0.2, -0.15) is 0 Å². The largest absolute Gasteiger partial charge is 0.496 e. The van der Waals surface area contributed by atoms with Crippen molar-refractivity contribution in [3.63, 3.8) is 0 Å². The third kappa shape index (κ3) is 21.5. The van der Waals surface area contributed by atoms with Crippen LogP contribution in [0.1, 0.15) is 95.4 Å². The minimum absolute atomic E-state index is 0. The molecule has 10 unspecified atom stereocenters. The van der Waals surface area contributed by atoms with Gasteiger partial charge in [0.15, 0.2) is 6.29 Å². The van der Waals surface area contributed by atoms with Crippen molar-refractivity contribution in [1.29, 1.82) is 0 Å². The van der Waals surface area contributed by atoms with Crippen molar-refractivity contribution >= 4 is 0 Å². The van der Waals surface area contributed by atoms with E-state index in [1.807, 2.05) is 34.6 Å². The normalized spacial score (nSPS) is 41.4. The molecule has 51 heavy (non-hydrogen) atoms. The van der Waals surface area contributed by atoms with E-state index in [-0.39, 0.29) is 64.8 Å². The van der Waals surface area contributed by atoms with Crippen molar-refractivity contribution in [1.82, 2.24) is 0 Å². The molecule has 312 valence electrons. The molecule has 0 spiro atoms. The molecule has 5 rings (SSSR count). The first-order chi connectivity index (χ1) is 21.8. The second-order valence-electron chi connectivity index (χ2n) is 14.8. The molecule has 15 nitrogen and oxygen atoms in total. The third-order valence-corrected chi connectivity index (χ3v) is 9.93. The summed E-state index contributed by atoms with van der Waals surface area (Å²) < 4.78 is 26.1. The molecule has 15 heteroatoms. The van der Waals surface area contributed by atoms with Crippen LogP contribution >= 0.6 is 0 Å². The molecule has 0 aromatic carbocycles. The van der Waals surface area contributed by atoms with E-state index in [0.29, 0.717) is 36.9 Å². The van der Waals surface area contributed by atoms with E-state index >= 15 is 0 Å². The summed E-state index contributed by atoms with van der Waals surface area (Å²) in [6.07, 6.45) is 1.79. The van der Waals surface area contributed by atoms with E-state index in [1.54, 1.807) is 13.8 Å². The number of ether oxygens (including phenoxy) is 5. The molecular weight excluding hydrogens is 672 g/mol. The van der Waals surface area contributed by atoms with Gasteiger partial charge in [0.25, 0.3) is 0 Å². The smallest absolute Gasteiger partial charge is 0.157 e. The minimum atomic E-state index is -0.756. The van der Waals surface area contributed by atoms with Crippen molar-refractivity contribution in [2.45, 2.75) is 157 Å². The maximum absolute atomic E-state index is 9.30. The van der Waals surface area contributed by atoms with Crippen molar-refractivity contribution in [2.24, 2.45) is 35.5 Å². The molecule has 0 aliphatic carbocycles. The molecule has 16 atom stereocenters. The summed E-state index contributed by atoms with van der Waals surface area (Å²) in [5.74, 6) is 3.53. The molecule has 4 saturated heterocycles. The topological polar surface area (TPSA) is 294 Å². The van der Waals surface area contributed by atoms with Crippen molar-refractivity contribution in [3.05, 3.63) is 11.8 Å². The fourth-order valence-electron chi connectivity index (χ4n) is 5.64. The minimum Gasteiger partial charge on any atom is -0.496 e. The Labute approximate surface area is 306 Å². The van der Waals surface area contributed by atoms with Gasteiger partial charge in [0, 0.05) is 24.4 Å². The lowest BCUT2D eigenvalue weighted by Gasteiger charge is -2.34. The zero-order chi connectivity index (χ0) is 36.0. The highest BCUT2D eigenvalue weighted by molar-refractivity contribution is 5.00. The van der Waals surface area contributed by atoms with E-state index in [4.69, 9.17) is 33.9 Å². The number of hydrogen-bond donors (Lipinski definition) is 6. The molecule has 5 aliphatic rings. The van der Waals surface area contributed by atoms with Crippen molar-refractivity contribution < 1.29 is 76.2 Å². The van der Waals surface area contributed by atoms with Gasteiger partial charge < -0.3 is 76.2 Å². The first-order valence-corrected chi connectivity index (χ1v) is 17.7. The van der Waals surface area contributed by atoms with E-state index in [0.717, 1.165) is 31.3 Å². The maximum Gasteiger partial charge on any atom is 0.157 e. The molecule has 5 heterocycles. The summed E-state index contributed by atoms with van der Waals surface area (Å²) in [6.45, 7) is 24.7. The SMILES string of the molecule is CC1=C[C@@H](O)C(O)CO1.CC1C[C@@H](C)C(C)C(O)O1.CC1C[C@@H](C)C(C)CO1.CC1C[C@@H](O)C(C)CO1.CC1OCC(C)[C@H](O)[C@@H]1O.O.O.O.O. The van der Waals surface area contributed by atoms with Crippen LogP contribution in [-0.4, -0.2) is 140 Å². The number of aliphatic hydroxyl groups excluding tert-OH is 6. The molecule has 4 fully saturated rings. The first kappa shape index (κ1) is 56.7. The molecule has 0 bridgehead atoms. The number of allylic oxidation sites excluding steroid dienone is 1. The molecule has 5 aliphatic heterocycles. The Bertz CT molecular complexity index is 816. The molecule has 0 saturated carbocycles. The van der Waals surface area contributed by atoms with Gasteiger partial charge in [0.1, 0.15) is 24.9 Å². The van der Waals surface area contributed by atoms with Gasteiger partial charge in [-0.1, -0.05) is 41.5 Å². The molecule has 0 aromatic rings. The predicted molar refractivity (Wildman–Crippen MR) is 196 cm³/mol. The fourth-order valence-corrected chi connectivity index (χ4v) is 5.64. The van der Waals surface area contributed by atoms with Crippen LogP contribution in [0.25, 0.3) is 0 Å². The van der Waals surface area contributed by atoms with Gasteiger partial charge in [0.2, 0.25) is 0 Å². The zero-order valence-electron chi connectivity index (χ0n) is 33.0. The van der Waals surface area contributed by atoms with Crippen molar-refractivity contribution in [3.8, 4) is 0 Å². The first-order valence-electron chi connectivity index (χ1n) is 17.7. The van der Waals surface area contributed by atoms with Gasteiger partial charge in [-0.15, -0.1) is 0 Å². The second-order valence-corrected chi connectivity index (χ2v) is 14.8. The van der Waals surface area contributed by atoms with E-state index in [2.05, 4.69) is 27.7 Å². The van der Waals surface area contributed by atoms with Gasteiger partial charge >= 0.3 is 0 Å². The standard InChI is InChI=1S/C8H16O2.C8H16O.C7H14O3.C7H14O2.C6H10O3.4H2O/c1-5-4-6(2)10-8(9)7(5)3;1-6-4-8(3)9-5-7(6)2;1-4-3-10-5(2)7(9)6(4)8;1-5-4-9-6(2)3-7(5)8;1-4-2-5(7)6(8)3-9-4;;;;/h5-9H,4H2,1-3H3;6-8H,4-5H2,1-3H3;4-9H,3H2,1-2H3;5-8H,3-4H2,1-2H3;2,5-8H,3H2,1H3;4*1H2/t5-,6?,7?,8?;6-,7?,8?;4?,5?,6-,7+;5?,6?,7-;5-,6?;;;;/m11011..../s1. The Kier molecular flexibility index (Phi) is 31.6. The van der Waals surface area contributed by atoms with E-state index in [1.165, 1.54) is 12.5 Å². The van der Waals surface area contributed by atoms with Crippen LogP contribution in [0.15, 0.2) is 11.8 Å². The van der Waals surface area contributed by atoms with Crippen LogP contribution in [0.4, 0.5) is 0 Å². The summed E-state index contributed by atoms with van der Waals surface area (Å²) in [5.41, 5.74) is 0. The van der Waals surface area contributed by atoms with Gasteiger partial charge in [-0.25, -0.2) is 0 Å². The Morgan fingerprint density at radius 2 is 1.00 bits per heavy atom. The zero-order valence-corrected chi connectivity index (χ0v) is 33.0. The molecule has 0 amide bonds. The third-order valence-electron chi connectivity index (χ3n) is 9.93. The summed E-state index contributed by atoms with van der Waals surface area (Å²) >= 11 is 0. The summed E-state index contributed by atoms with van der Waals surface area (Å²) in [5, 5.41) is 54.9. The number of hydrogen-bond acceptors (Lipinski definition) is 11. The highest BCUT2D eigenvalue weighted by Gasteiger charge is 2.33. The Balaban J connectivity index is -0.000000266. The summed E-state index contributed by atoms with van der Waals surface area (Å²) in [4.78, 5) is 0. The lowest BCUT2D eigenvalue weighted by atomic mass is 9.88. The van der Waals surface area contributed by atoms with Crippen LogP contribution < -0.4 is 0 Å². The monoisotopic (exact) mass is 751 g/mol. The van der Waals surface area contributed by atoms with Gasteiger partial charge in [-0.3, -0.25) is 0 Å². The average molecular weight is 751 g/mol. The second kappa shape index (κ2) is 28.4. The van der Waals surface area contributed by atoms with E-state index < -0.39 is 30.7 Å². The lowest BCUT2D eigenvalue weighted by Crippen LogP contribution is -2.47. The quantitative estimate of drug-likeness (QED) is 0.196. The lowest BCUT2D eigenvalue weighted by molar-refractivity contribution is -0.199. The molecule has 14 N–H and O–H groups in total. The van der Waals surface area contributed by atoms with Crippen molar-refractivity contribution in [2.75, 3.05) is 26.4 Å². The maximum atomic E-state index is 9.30. The Morgan fingerprint density at radius 3 is 1.41 bits per heavy atom. The van der Waals surface area contributed by atoms with Crippen LogP contribution in [0, 0.1) is 35.5 Å². The number of rotatable bonds is 0. The Hall–Kier alpha value is -1.02. The Morgan fingerprint density at radius 1 is 0.510 bits per heavy atom. The number of aliphatic hydroxyl groups is 6. The molecule has 0 aromatic heterocycles. The molecule has 0 radical (unpaired) electrons. The summed E-state index contributed by atoms with van der Waals surface area (Å²) in [6, 6.07) is 0. The van der Waals surface area contributed by atoms with Gasteiger partial charge in [-0.05, 0) is 77.7 Å². The van der Waals surface area contributed by atoms with Gasteiger partial charge in [0.05, 0.1) is 55.6 Å². The highest BCUT2D eigenvalue weighted by atomic mass is 16.6. The predicted octanol–water partition coefficient (Wildman–Crippen LogP) is 0.352. The van der Waals surface area contributed by atoms with Crippen LogP contribution in [0.3, 0.4) is 0 Å². The van der Waals surface area contributed by atoms with E-state index in [9.17, 15) is 20.4 Å². The fraction of sp³-hybridized carbons (Fsp3) is 0.944. The molecular formula is C36H78O15. The average Bonchev–Trinajstić information content (AvgIpc) is 3.00. The van der Waals surface area contributed by atoms with Crippen LogP contribution in [-0.2, 0) is 23.7 Å². The highest BCUT2D eigenvalue weighted by Crippen LogP contribution is 2.28.